The van der Waals surface area contributed by atoms with Crippen LogP contribution in [0.2, 0.25) is 0 Å². The first kappa shape index (κ1) is 123. The minimum Gasteiger partial charge on any atom is -0.394 e. The van der Waals surface area contributed by atoms with E-state index in [1.54, 1.807) is 0 Å². The summed E-state index contributed by atoms with van der Waals surface area (Å²) in [6, 6.07) is -5.83. The van der Waals surface area contributed by atoms with Crippen LogP contribution in [0, 0.1) is 0 Å². The second kappa shape index (κ2) is 64.9. The van der Waals surface area contributed by atoms with Crippen LogP contribution in [0.4, 0.5) is 0 Å². The molecule has 0 aliphatic carbocycles. The number of hydrogen-bond donors (Lipinski definition) is 17. The first-order chi connectivity index (χ1) is 60.9. The van der Waals surface area contributed by atoms with Crippen LogP contribution in [0.3, 0.4) is 0 Å². The quantitative estimate of drug-likeness (QED) is 0.0299. The van der Waals surface area contributed by atoms with Crippen molar-refractivity contribution in [2.75, 3.05) is 99.0 Å². The molecule has 0 bridgehead atoms. The van der Waals surface area contributed by atoms with Crippen LogP contribution in [0.5, 0.6) is 0 Å². The third kappa shape index (κ3) is 45.9. The van der Waals surface area contributed by atoms with Crippen molar-refractivity contribution in [2.24, 2.45) is 0 Å². The summed E-state index contributed by atoms with van der Waals surface area (Å²) in [5.74, 6) is -2.45. The maximum atomic E-state index is 14.3. The highest BCUT2D eigenvalue weighted by molar-refractivity contribution is 7.59. The number of amides is 6. The van der Waals surface area contributed by atoms with Gasteiger partial charge in [0.2, 0.25) is 35.4 Å². The average Bonchev–Trinajstić information content (AvgIpc) is 1.63. The topological polar surface area (TPSA) is 620 Å². The molecule has 25 atom stereocenters. The highest BCUT2D eigenvalue weighted by Crippen LogP contribution is 2.51. The van der Waals surface area contributed by atoms with Crippen LogP contribution in [-0.4, -0.2) is 348 Å². The van der Waals surface area contributed by atoms with Gasteiger partial charge in [-0.15, -0.1) is 0 Å². The predicted octanol–water partition coefficient (Wildman–Crippen LogP) is 4.21. The molecule has 19 unspecified atom stereocenters. The number of unbranched alkanes of at least 4 members (excludes halogenated alkanes) is 26. The molecule has 6 heterocycles. The fourth-order valence-electron chi connectivity index (χ4n) is 16.8. The Bertz CT molecular complexity index is 3450. The van der Waals surface area contributed by atoms with Gasteiger partial charge in [0, 0.05) is 86.2 Å². The first-order valence-electron chi connectivity index (χ1n) is 45.8. The third-order valence-corrected chi connectivity index (χ3v) is 27.4. The summed E-state index contributed by atoms with van der Waals surface area (Å²) in [5, 5.41) is 109. The molecule has 0 aromatic heterocycles. The smallest absolute Gasteiger partial charge is 0.394 e. The van der Waals surface area contributed by atoms with Crippen LogP contribution in [0.1, 0.15) is 252 Å². The molecule has 131 heavy (non-hydrogen) atoms. The summed E-state index contributed by atoms with van der Waals surface area (Å²) in [6.07, 6.45) is 3.64. The Morgan fingerprint density at radius 3 is 0.832 bits per heavy atom. The summed E-state index contributed by atoms with van der Waals surface area (Å²) in [5.41, 5.74) is 0. The number of likely N-dealkylation sites (tertiary alicyclic amines) is 3. The van der Waals surface area contributed by atoms with Gasteiger partial charge in [0.25, 0.3) is 0 Å². The zero-order chi connectivity index (χ0) is 94.0. The van der Waals surface area contributed by atoms with Gasteiger partial charge >= 0.3 is 31.1 Å². The van der Waals surface area contributed by atoms with Gasteiger partial charge in [-0.1, -0.05) is 135 Å². The Labute approximate surface area is 790 Å². The molecule has 50 heteroatoms. The number of aliphatic hydroxyl groups is 10. The molecular weight excluding hydrogens is 1870 g/mol. The minimum absolute atomic E-state index is 0. The van der Waals surface area contributed by atoms with Crippen molar-refractivity contribution in [1.82, 2.24) is 30.7 Å². The molecule has 0 spiro atoms. The van der Waals surface area contributed by atoms with Gasteiger partial charge in [-0.2, -0.15) is 40.5 Å². The van der Waals surface area contributed by atoms with Crippen LogP contribution in [0.25, 0.3) is 0 Å². The molecule has 43 nitrogen and oxygen atoms in total. The van der Waals surface area contributed by atoms with E-state index in [1.165, 1.54) is 35.5 Å². The molecule has 0 radical (unpaired) electrons. The Hall–Kier alpha value is -2.29. The van der Waals surface area contributed by atoms with Crippen LogP contribution in [-0.2, 0) is 107 Å². The number of phosphoric ester groups is 3. The number of ether oxygens (including phenoxy) is 6. The molecule has 6 fully saturated rings. The summed E-state index contributed by atoms with van der Waals surface area (Å²) in [4.78, 5) is 124. The highest BCUT2D eigenvalue weighted by atomic mass is 32.1. The maximum Gasteiger partial charge on any atom is 0.472 e. The van der Waals surface area contributed by atoms with Crippen LogP contribution < -0.4 is 16.0 Å². The number of nitrogens with zero attached hydrogens (tertiary/aromatic N) is 3. The Balaban J connectivity index is 0.0000147. The van der Waals surface area contributed by atoms with Gasteiger partial charge in [0.1, 0.15) is 73.1 Å². The van der Waals surface area contributed by atoms with Crippen molar-refractivity contribution in [3.05, 3.63) is 0 Å². The fourth-order valence-corrected chi connectivity index (χ4v) is 20.1. The number of carbonyl (C=O) groups is 6. The molecule has 0 aromatic carbocycles. The molecule has 6 amide bonds. The standard InChI is InChI=1S/C81H150N6O37P4.3H2S/c1-55(92)82-70-76(101)73(98)64(50-89)119-79(70)112-38-30-23-17-11-5-8-14-20-27-35-67(95)85-46-61(43-58(85)49-88)123-127(108,109)117-54-60-45-63(48-87(60)69(97)37-29-22-16-10-7-13-19-25-32-40-114-81-72(84-57(3)94)78(103)75(100)66(52-91)121-81)124-128(110,111)118-53-59-44-62(122-126(106,107)116-42-34-26-33-41-115-125(4,104)105)47-86(59)68(96)36-28-21-15-9-6-12-18-24-31-39-113-80-71(83-56(2)93)77(102)74(99)65(51-90)120-80;;;/h58-66,70-81,88-91,98-103H,5-54H2,1-4H3,(H,82,92)(H,83,93)(H,84,94)(H,104,105)(H,106,107)(H,108,109)(H,110,111);3*1H2/t58-,59-,60-,61+,62+,63+,64?,65?,66?,70?,71?,72?,73?,74?,75?,76?,77?,78?,79?,80?,81?;;;/m0.../s1. The normalized spacial score (nSPS) is 29.2. The summed E-state index contributed by atoms with van der Waals surface area (Å²) < 4.78 is 125. The number of aliphatic hydroxyl groups excluding tert-OH is 10. The van der Waals surface area contributed by atoms with E-state index in [1.807, 2.05) is 0 Å². The van der Waals surface area contributed by atoms with Gasteiger partial charge in [-0.05, 0) is 77.0 Å². The van der Waals surface area contributed by atoms with E-state index >= 15 is 0 Å². The molecule has 6 saturated heterocycles. The van der Waals surface area contributed by atoms with Gasteiger partial charge < -0.3 is 134 Å². The summed E-state index contributed by atoms with van der Waals surface area (Å²) >= 11 is 0. The van der Waals surface area contributed by atoms with Gasteiger partial charge in [-0.3, -0.25) is 60.5 Å². The lowest BCUT2D eigenvalue weighted by atomic mass is 9.97. The zero-order valence-electron chi connectivity index (χ0n) is 76.3. The van der Waals surface area contributed by atoms with Crippen molar-refractivity contribution in [1.29, 1.82) is 0 Å². The largest absolute Gasteiger partial charge is 0.472 e. The third-order valence-electron chi connectivity index (χ3n) is 23.6. The lowest BCUT2D eigenvalue weighted by molar-refractivity contribution is -0.270. The Morgan fingerprint density at radius 1 is 0.328 bits per heavy atom. The number of rotatable bonds is 66. The van der Waals surface area contributed by atoms with E-state index in [9.17, 15) is 118 Å². The van der Waals surface area contributed by atoms with Crippen molar-refractivity contribution < 1.29 is 178 Å². The molecule has 0 aromatic rings. The van der Waals surface area contributed by atoms with Gasteiger partial charge in [0.05, 0.1) is 89.3 Å². The molecule has 770 valence electrons. The van der Waals surface area contributed by atoms with Crippen molar-refractivity contribution in [2.45, 2.75) is 380 Å². The lowest BCUT2D eigenvalue weighted by Gasteiger charge is -2.42. The van der Waals surface area contributed by atoms with Crippen molar-refractivity contribution >= 4 is 107 Å². The minimum atomic E-state index is -5.12. The molecule has 6 aliphatic rings. The van der Waals surface area contributed by atoms with Crippen molar-refractivity contribution in [3.63, 3.8) is 0 Å². The Kier molecular flexibility index (Phi) is 60.9. The van der Waals surface area contributed by atoms with E-state index in [2.05, 4.69) is 16.0 Å². The van der Waals surface area contributed by atoms with E-state index < -0.39 is 229 Å². The average molecular weight is 2030 g/mol. The van der Waals surface area contributed by atoms with Crippen LogP contribution in [0.15, 0.2) is 0 Å². The second-order valence-corrected chi connectivity index (χ2v) is 40.5. The summed E-state index contributed by atoms with van der Waals surface area (Å²) in [6.45, 7) is 1.30. The molecule has 6 rings (SSSR count). The van der Waals surface area contributed by atoms with E-state index in [-0.39, 0.29) is 144 Å². The second-order valence-electron chi connectivity index (χ2n) is 34.4. The van der Waals surface area contributed by atoms with E-state index in [0.717, 1.165) is 129 Å². The predicted molar refractivity (Wildman–Crippen MR) is 489 cm³/mol. The lowest BCUT2D eigenvalue weighted by Crippen LogP contribution is -2.64. The van der Waals surface area contributed by atoms with E-state index in [4.69, 9.17) is 60.1 Å². The fraction of sp³-hybridized carbons (Fsp3) is 0.926. The maximum absolute atomic E-state index is 14.3. The zero-order valence-corrected chi connectivity index (χ0v) is 82.8. The highest BCUT2D eigenvalue weighted by Gasteiger charge is 2.50. The number of carbonyl (C=O) groups excluding carboxylic acids is 6. The van der Waals surface area contributed by atoms with Gasteiger partial charge in [0.15, 0.2) is 18.9 Å². The van der Waals surface area contributed by atoms with E-state index in [0.29, 0.717) is 64.2 Å². The molecule has 17 N–H and O–H groups in total. The monoisotopic (exact) mass is 2020 g/mol. The summed E-state index contributed by atoms with van der Waals surface area (Å²) in [7, 11) is -18.6. The number of hydrogen-bond acceptors (Lipinski definition) is 33. The number of phosphoric acid groups is 3. The Morgan fingerprint density at radius 2 is 0.565 bits per heavy atom. The van der Waals surface area contributed by atoms with Gasteiger partial charge in [-0.25, -0.2) is 13.7 Å². The molecular formula is C81H156N6O37P4S3. The SMILES string of the molecule is CC(=O)NC1C(OCCCCCCCCCCCC(=O)N2C[C@H](OP(=O)(O)OC[C@@H]3C[C@@H](OP(=O)(O)OC[C@@H]4C[C@@H](OP(=O)(O)OCCCCCOP(C)(=O)O)CN4C(=O)CCCCCCCCCCCOC4OC(CO)C(O)C(O)C4NC(C)=O)CN3C(=O)CCCCCCCCCCCOC3OC(CO)C(O)C(O)C3NC(C)=O)C[C@H]2CO)OC(CO)C(O)C1O.S.S.S. The van der Waals surface area contributed by atoms with Crippen LogP contribution >= 0.6 is 71.6 Å². The molecule has 0 saturated carbocycles. The van der Waals surface area contributed by atoms with Crippen molar-refractivity contribution in [3.8, 4) is 0 Å². The number of nitrogens with one attached hydrogen (secondary N) is 3. The first-order valence-corrected chi connectivity index (χ1v) is 52.3. The molecule has 6 aliphatic heterocycles.